The number of halogens is 1. The smallest absolute Gasteiger partial charge is 0.0688 e. The predicted octanol–water partition coefficient (Wildman–Crippen LogP) is 5.08. The van der Waals surface area contributed by atoms with Gasteiger partial charge in [-0.25, -0.2) is 0 Å². The van der Waals surface area contributed by atoms with Crippen LogP contribution in [0.25, 0.3) is 0 Å². The average Bonchev–Trinajstić information content (AvgIpc) is 2.48. The minimum Gasteiger partial charge on any atom is -0.390 e. The Kier molecular flexibility index (Phi) is 4.46. The maximum atomic E-state index is 10.9. The summed E-state index contributed by atoms with van der Waals surface area (Å²) in [6.45, 7) is 0. The van der Waals surface area contributed by atoms with Crippen molar-refractivity contribution >= 4 is 15.9 Å². The van der Waals surface area contributed by atoms with Crippen LogP contribution in [0.15, 0.2) is 59.1 Å². The standard InChI is InChI=1S/C19H21BrO/c20-18-8-4-5-15(13-18)14-19(21)11-9-17(10-12-19)16-6-2-1-3-7-16/h1-8,13,17,21H,9-12,14H2. The van der Waals surface area contributed by atoms with Gasteiger partial charge in [0.25, 0.3) is 0 Å². The third-order valence-corrected chi connectivity index (χ3v) is 5.10. The minimum atomic E-state index is -0.536. The van der Waals surface area contributed by atoms with E-state index in [1.54, 1.807) is 0 Å². The summed E-state index contributed by atoms with van der Waals surface area (Å²) in [5.74, 6) is 0.606. The van der Waals surface area contributed by atoms with Gasteiger partial charge in [-0.2, -0.15) is 0 Å². The Hall–Kier alpha value is -1.12. The van der Waals surface area contributed by atoms with Gasteiger partial charge in [0.2, 0.25) is 0 Å². The molecule has 3 rings (SSSR count). The van der Waals surface area contributed by atoms with Crippen LogP contribution in [0, 0.1) is 0 Å². The zero-order chi connectivity index (χ0) is 14.7. The maximum absolute atomic E-state index is 10.9. The number of hydrogen-bond acceptors (Lipinski definition) is 1. The lowest BCUT2D eigenvalue weighted by Crippen LogP contribution is -2.35. The van der Waals surface area contributed by atoms with Gasteiger partial charge in [-0.05, 0) is 54.9 Å². The lowest BCUT2D eigenvalue weighted by molar-refractivity contribution is -0.000464. The Morgan fingerprint density at radius 3 is 2.38 bits per heavy atom. The summed E-state index contributed by atoms with van der Waals surface area (Å²) in [6, 6.07) is 19.0. The fraction of sp³-hybridized carbons (Fsp3) is 0.368. The molecule has 0 amide bonds. The van der Waals surface area contributed by atoms with Gasteiger partial charge >= 0.3 is 0 Å². The molecule has 0 aromatic heterocycles. The van der Waals surface area contributed by atoms with Gasteiger partial charge in [0, 0.05) is 10.9 Å². The van der Waals surface area contributed by atoms with E-state index in [1.165, 1.54) is 11.1 Å². The van der Waals surface area contributed by atoms with Crippen molar-refractivity contribution in [1.29, 1.82) is 0 Å². The first-order valence-electron chi connectivity index (χ1n) is 7.66. The first-order valence-corrected chi connectivity index (χ1v) is 8.46. The normalized spacial score (nSPS) is 25.7. The second-order valence-corrected chi connectivity index (χ2v) is 7.13. The zero-order valence-electron chi connectivity index (χ0n) is 12.1. The zero-order valence-corrected chi connectivity index (χ0v) is 13.7. The molecule has 1 fully saturated rings. The van der Waals surface area contributed by atoms with Crippen molar-refractivity contribution in [1.82, 2.24) is 0 Å². The highest BCUT2D eigenvalue weighted by atomic mass is 79.9. The number of benzene rings is 2. The molecule has 110 valence electrons. The fourth-order valence-electron chi connectivity index (χ4n) is 3.42. The number of rotatable bonds is 3. The summed E-state index contributed by atoms with van der Waals surface area (Å²) in [4.78, 5) is 0. The quantitative estimate of drug-likeness (QED) is 0.822. The molecule has 0 saturated heterocycles. The molecule has 0 bridgehead atoms. The number of hydrogen-bond donors (Lipinski definition) is 1. The largest absolute Gasteiger partial charge is 0.390 e. The van der Waals surface area contributed by atoms with Gasteiger partial charge in [0.05, 0.1) is 5.60 Å². The second-order valence-electron chi connectivity index (χ2n) is 6.22. The second kappa shape index (κ2) is 6.33. The molecule has 0 heterocycles. The van der Waals surface area contributed by atoms with Crippen LogP contribution in [0.4, 0.5) is 0 Å². The maximum Gasteiger partial charge on any atom is 0.0688 e. The molecule has 2 aromatic carbocycles. The van der Waals surface area contributed by atoms with Crippen molar-refractivity contribution in [3.8, 4) is 0 Å². The molecule has 21 heavy (non-hydrogen) atoms. The van der Waals surface area contributed by atoms with Gasteiger partial charge in [-0.15, -0.1) is 0 Å². The van der Waals surface area contributed by atoms with Crippen molar-refractivity contribution in [2.75, 3.05) is 0 Å². The summed E-state index contributed by atoms with van der Waals surface area (Å²) in [6.07, 6.45) is 4.69. The van der Waals surface area contributed by atoms with Crippen LogP contribution in [0.1, 0.15) is 42.7 Å². The lowest BCUT2D eigenvalue weighted by Gasteiger charge is -2.36. The molecular formula is C19H21BrO. The van der Waals surface area contributed by atoms with E-state index < -0.39 is 5.60 Å². The van der Waals surface area contributed by atoms with E-state index in [0.717, 1.165) is 36.6 Å². The van der Waals surface area contributed by atoms with E-state index in [9.17, 15) is 5.11 Å². The summed E-state index contributed by atoms with van der Waals surface area (Å²) in [5, 5.41) is 10.9. The summed E-state index contributed by atoms with van der Waals surface area (Å²) in [5.41, 5.74) is 2.10. The molecule has 1 aliphatic rings. The summed E-state index contributed by atoms with van der Waals surface area (Å²) < 4.78 is 1.08. The van der Waals surface area contributed by atoms with Crippen molar-refractivity contribution < 1.29 is 5.11 Å². The minimum absolute atomic E-state index is 0.536. The van der Waals surface area contributed by atoms with Gasteiger partial charge in [-0.3, -0.25) is 0 Å². The van der Waals surface area contributed by atoms with E-state index in [-0.39, 0.29) is 0 Å². The van der Waals surface area contributed by atoms with E-state index in [2.05, 4.69) is 58.4 Å². The van der Waals surface area contributed by atoms with E-state index in [1.807, 2.05) is 12.1 Å². The Morgan fingerprint density at radius 2 is 1.71 bits per heavy atom. The summed E-state index contributed by atoms with van der Waals surface area (Å²) in [7, 11) is 0. The van der Waals surface area contributed by atoms with E-state index >= 15 is 0 Å². The van der Waals surface area contributed by atoms with E-state index in [0.29, 0.717) is 5.92 Å². The summed E-state index contributed by atoms with van der Waals surface area (Å²) >= 11 is 3.50. The SMILES string of the molecule is OC1(Cc2cccc(Br)c2)CCC(c2ccccc2)CC1. The van der Waals surface area contributed by atoms with Crippen LogP contribution in [-0.2, 0) is 6.42 Å². The van der Waals surface area contributed by atoms with Crippen molar-refractivity contribution in [3.63, 3.8) is 0 Å². The molecule has 1 nitrogen and oxygen atoms in total. The highest BCUT2D eigenvalue weighted by molar-refractivity contribution is 9.10. The number of aliphatic hydroxyl groups is 1. The van der Waals surface area contributed by atoms with Crippen LogP contribution in [-0.4, -0.2) is 10.7 Å². The molecule has 0 unspecified atom stereocenters. The first kappa shape index (κ1) is 14.8. The molecule has 2 heteroatoms. The molecule has 0 radical (unpaired) electrons. The molecular weight excluding hydrogens is 324 g/mol. The molecule has 1 N–H and O–H groups in total. The molecule has 1 saturated carbocycles. The van der Waals surface area contributed by atoms with Crippen LogP contribution in [0.3, 0.4) is 0 Å². The van der Waals surface area contributed by atoms with Crippen LogP contribution in [0.5, 0.6) is 0 Å². The van der Waals surface area contributed by atoms with Crippen LogP contribution >= 0.6 is 15.9 Å². The third kappa shape index (κ3) is 3.75. The van der Waals surface area contributed by atoms with Gasteiger partial charge in [-0.1, -0.05) is 58.4 Å². The lowest BCUT2D eigenvalue weighted by atomic mass is 9.74. The highest BCUT2D eigenvalue weighted by Gasteiger charge is 2.33. The Balaban J connectivity index is 1.64. The fourth-order valence-corrected chi connectivity index (χ4v) is 3.86. The first-order chi connectivity index (χ1) is 10.1. The molecule has 1 aliphatic carbocycles. The Morgan fingerprint density at radius 1 is 1.00 bits per heavy atom. The topological polar surface area (TPSA) is 20.2 Å². The van der Waals surface area contributed by atoms with Gasteiger partial charge < -0.3 is 5.11 Å². The van der Waals surface area contributed by atoms with Crippen molar-refractivity contribution in [2.24, 2.45) is 0 Å². The Labute approximate surface area is 135 Å². The van der Waals surface area contributed by atoms with Crippen LogP contribution in [0.2, 0.25) is 0 Å². The molecule has 0 atom stereocenters. The monoisotopic (exact) mass is 344 g/mol. The predicted molar refractivity (Wildman–Crippen MR) is 90.4 cm³/mol. The molecule has 0 aliphatic heterocycles. The molecule has 2 aromatic rings. The Bertz CT molecular complexity index is 586. The average molecular weight is 345 g/mol. The van der Waals surface area contributed by atoms with Gasteiger partial charge in [0.15, 0.2) is 0 Å². The van der Waals surface area contributed by atoms with Gasteiger partial charge in [0.1, 0.15) is 0 Å². The van der Waals surface area contributed by atoms with E-state index in [4.69, 9.17) is 0 Å². The third-order valence-electron chi connectivity index (χ3n) is 4.61. The highest BCUT2D eigenvalue weighted by Crippen LogP contribution is 2.39. The molecule has 0 spiro atoms. The van der Waals surface area contributed by atoms with Crippen LogP contribution < -0.4 is 0 Å². The van der Waals surface area contributed by atoms with Crippen molar-refractivity contribution in [2.45, 2.75) is 43.6 Å². The van der Waals surface area contributed by atoms with Crippen molar-refractivity contribution in [3.05, 3.63) is 70.2 Å².